The minimum atomic E-state index is -1.60. The van der Waals surface area contributed by atoms with E-state index in [-0.39, 0.29) is 33.0 Å². The minimum Gasteiger partial charge on any atom is -0.606 e. The normalized spacial score (nSPS) is 12.3. The first kappa shape index (κ1) is 23.4. The van der Waals surface area contributed by atoms with Crippen LogP contribution in [-0.2, 0) is 17.7 Å². The van der Waals surface area contributed by atoms with Crippen molar-refractivity contribution in [1.82, 2.24) is 19.9 Å². The molecule has 0 aliphatic heterocycles. The van der Waals surface area contributed by atoms with Gasteiger partial charge in [0.25, 0.3) is 5.91 Å². The summed E-state index contributed by atoms with van der Waals surface area (Å²) in [5.41, 5.74) is 5.95. The number of aromatic nitrogens is 3. The van der Waals surface area contributed by atoms with Crippen LogP contribution in [0, 0.1) is 0 Å². The molecule has 3 aromatic rings. The zero-order valence-electron chi connectivity index (χ0n) is 16.4. The second-order valence-corrected chi connectivity index (χ2v) is 9.27. The van der Waals surface area contributed by atoms with E-state index in [1.165, 1.54) is 11.0 Å². The number of aliphatic imine (C=N–C) groups is 1. The third-order valence-corrected chi connectivity index (χ3v) is 6.54. The Kier molecular flexibility index (Phi) is 7.45. The topological polar surface area (TPSA) is 112 Å². The van der Waals surface area contributed by atoms with Crippen molar-refractivity contribution in [2.24, 2.45) is 10.7 Å². The molecule has 12 heteroatoms. The number of rotatable bonds is 7. The lowest BCUT2D eigenvalue weighted by Crippen LogP contribution is -2.13. The second-order valence-electron chi connectivity index (χ2n) is 6.60. The maximum atomic E-state index is 12.9. The van der Waals surface area contributed by atoms with Crippen LogP contribution in [0.15, 0.2) is 51.2 Å². The molecule has 3 rings (SSSR count). The summed E-state index contributed by atoms with van der Waals surface area (Å²) in [6.45, 7) is 0.160. The predicted octanol–water partition coefficient (Wildman–Crippen LogP) is 3.77. The third kappa shape index (κ3) is 5.50. The Morgan fingerprint density at radius 3 is 2.39 bits per heavy atom. The van der Waals surface area contributed by atoms with Crippen molar-refractivity contribution in [1.29, 1.82) is 0 Å². The maximum absolute atomic E-state index is 12.9. The Morgan fingerprint density at radius 1 is 1.23 bits per heavy atom. The van der Waals surface area contributed by atoms with E-state index in [2.05, 4.69) is 15.3 Å². The molecule has 1 aromatic heterocycles. The Labute approximate surface area is 196 Å². The van der Waals surface area contributed by atoms with Crippen LogP contribution in [0.4, 0.5) is 5.82 Å². The lowest BCUT2D eigenvalue weighted by Gasteiger charge is -2.14. The van der Waals surface area contributed by atoms with Crippen LogP contribution in [0.5, 0.6) is 0 Å². The van der Waals surface area contributed by atoms with Crippen LogP contribution in [0.3, 0.4) is 0 Å². The molecule has 2 aromatic carbocycles. The van der Waals surface area contributed by atoms with Gasteiger partial charge in [0.2, 0.25) is 0 Å². The average Bonchev–Trinajstić information content (AvgIpc) is 3.09. The zero-order valence-corrected chi connectivity index (χ0v) is 19.5. The van der Waals surface area contributed by atoms with Gasteiger partial charge in [0, 0.05) is 30.3 Å². The van der Waals surface area contributed by atoms with Gasteiger partial charge in [-0.15, -0.1) is 5.10 Å². The molecule has 1 amide bonds. The molecule has 162 valence electrons. The third-order valence-electron chi connectivity index (χ3n) is 3.96. The second kappa shape index (κ2) is 9.88. The molecule has 31 heavy (non-hydrogen) atoms. The number of carbonyl (C=O) groups is 1. The summed E-state index contributed by atoms with van der Waals surface area (Å²) in [6, 6.07) is 9.83. The van der Waals surface area contributed by atoms with Gasteiger partial charge < -0.3 is 15.2 Å². The number of hydrogen-bond donors (Lipinski definition) is 1. The fourth-order valence-electron chi connectivity index (χ4n) is 2.60. The van der Waals surface area contributed by atoms with Crippen molar-refractivity contribution in [3.05, 3.63) is 62.7 Å². The van der Waals surface area contributed by atoms with Crippen molar-refractivity contribution in [3.63, 3.8) is 0 Å². The van der Waals surface area contributed by atoms with E-state index in [9.17, 15) is 9.35 Å². The van der Waals surface area contributed by atoms with Gasteiger partial charge in [-0.1, -0.05) is 40.0 Å². The van der Waals surface area contributed by atoms with Crippen molar-refractivity contribution in [3.8, 4) is 0 Å². The number of carbonyl (C=O) groups excluding carboxylic acids is 1. The molecule has 0 saturated heterocycles. The van der Waals surface area contributed by atoms with E-state index in [0.717, 1.165) is 0 Å². The summed E-state index contributed by atoms with van der Waals surface area (Å²) in [7, 11) is 3.56. The molecule has 1 atom stereocenters. The monoisotopic (exact) mass is 498 g/mol. The standard InChI is InChI=1S/C19H17Cl3N6O2S/c1-27(2)10-24-19-16(18(23)29)25-26-28(19)9-11-7-14(21)17(15(22)8-11)31(30)13-5-3-12(20)4-6-13/h3-8,10H,9H2,1-2H3,(H2,23,29). The fraction of sp³-hybridized carbons (Fsp3) is 0.158. The number of nitrogens with zero attached hydrogens (tertiary/aromatic N) is 5. The first-order valence-electron chi connectivity index (χ1n) is 8.76. The van der Waals surface area contributed by atoms with Crippen LogP contribution in [0.2, 0.25) is 15.1 Å². The lowest BCUT2D eigenvalue weighted by molar-refractivity contribution is 0.0996. The highest BCUT2D eigenvalue weighted by atomic mass is 35.5. The van der Waals surface area contributed by atoms with Crippen LogP contribution >= 0.6 is 34.8 Å². The molecule has 0 spiro atoms. The van der Waals surface area contributed by atoms with E-state index >= 15 is 0 Å². The van der Waals surface area contributed by atoms with Gasteiger partial charge in [0.05, 0.1) is 22.9 Å². The highest BCUT2D eigenvalue weighted by molar-refractivity contribution is 7.91. The highest BCUT2D eigenvalue weighted by Crippen LogP contribution is 2.35. The van der Waals surface area contributed by atoms with Crippen molar-refractivity contribution >= 4 is 64.0 Å². The summed E-state index contributed by atoms with van der Waals surface area (Å²) in [6.07, 6.45) is 1.50. The Morgan fingerprint density at radius 2 is 1.84 bits per heavy atom. The molecule has 0 saturated carbocycles. The average molecular weight is 500 g/mol. The van der Waals surface area contributed by atoms with Gasteiger partial charge in [0.15, 0.2) is 21.3 Å². The van der Waals surface area contributed by atoms with Gasteiger partial charge in [-0.3, -0.25) is 4.79 Å². The molecule has 2 N–H and O–H groups in total. The largest absolute Gasteiger partial charge is 0.606 e. The van der Waals surface area contributed by atoms with E-state index < -0.39 is 17.1 Å². The molecule has 0 aliphatic rings. The summed E-state index contributed by atoms with van der Waals surface area (Å²) >= 11 is 17.1. The number of primary amides is 1. The van der Waals surface area contributed by atoms with Gasteiger partial charge in [-0.25, -0.2) is 9.67 Å². The molecule has 0 bridgehead atoms. The molecule has 1 heterocycles. The van der Waals surface area contributed by atoms with E-state index in [1.54, 1.807) is 55.4 Å². The first-order chi connectivity index (χ1) is 14.7. The summed E-state index contributed by atoms with van der Waals surface area (Å²) in [4.78, 5) is 18.4. The van der Waals surface area contributed by atoms with Crippen LogP contribution in [0.1, 0.15) is 16.1 Å². The maximum Gasteiger partial charge on any atom is 0.273 e. The highest BCUT2D eigenvalue weighted by Gasteiger charge is 2.24. The zero-order chi connectivity index (χ0) is 22.7. The lowest BCUT2D eigenvalue weighted by atomic mass is 10.2. The molecule has 0 aliphatic carbocycles. The Balaban J connectivity index is 1.94. The smallest absolute Gasteiger partial charge is 0.273 e. The van der Waals surface area contributed by atoms with Crippen molar-refractivity contribution in [2.45, 2.75) is 16.3 Å². The molecule has 0 radical (unpaired) electrons. The number of benzene rings is 2. The minimum absolute atomic E-state index is 0.0595. The number of amides is 1. The van der Waals surface area contributed by atoms with Crippen molar-refractivity contribution in [2.75, 3.05) is 14.1 Å². The molecule has 8 nitrogen and oxygen atoms in total. The summed E-state index contributed by atoms with van der Waals surface area (Å²) in [5.74, 6) is -0.552. The van der Waals surface area contributed by atoms with Gasteiger partial charge in [-0.05, 0) is 42.0 Å². The van der Waals surface area contributed by atoms with E-state index in [1.807, 2.05) is 0 Å². The quantitative estimate of drug-likeness (QED) is 0.302. The SMILES string of the molecule is CN(C)C=Nc1c(C(N)=O)nnn1Cc1cc(Cl)c([S+]([O-])c2ccc(Cl)cc2)c(Cl)c1. The predicted molar refractivity (Wildman–Crippen MR) is 122 cm³/mol. The molecular weight excluding hydrogens is 483 g/mol. The van der Waals surface area contributed by atoms with Crippen LogP contribution < -0.4 is 5.73 Å². The van der Waals surface area contributed by atoms with E-state index in [0.29, 0.717) is 15.5 Å². The van der Waals surface area contributed by atoms with Crippen LogP contribution in [-0.4, -0.2) is 50.8 Å². The van der Waals surface area contributed by atoms with Crippen LogP contribution in [0.25, 0.3) is 0 Å². The first-order valence-corrected chi connectivity index (χ1v) is 11.0. The molecule has 0 fully saturated rings. The van der Waals surface area contributed by atoms with Gasteiger partial charge in [0.1, 0.15) is 0 Å². The number of nitrogens with two attached hydrogens (primary N) is 1. The van der Waals surface area contributed by atoms with Crippen molar-refractivity contribution < 1.29 is 9.35 Å². The number of hydrogen-bond acceptors (Lipinski definition) is 5. The summed E-state index contributed by atoms with van der Waals surface area (Å²) in [5, 5.41) is 8.75. The Bertz CT molecular complexity index is 1110. The fourth-order valence-corrected chi connectivity index (χ4v) is 4.77. The number of halogens is 3. The molecular formula is C19H17Cl3N6O2S. The Hall–Kier alpha value is -2.30. The van der Waals surface area contributed by atoms with Gasteiger partial charge in [-0.2, -0.15) is 0 Å². The van der Waals surface area contributed by atoms with Gasteiger partial charge >= 0.3 is 0 Å². The molecule has 1 unspecified atom stereocenters. The summed E-state index contributed by atoms with van der Waals surface area (Å²) < 4.78 is 14.3. The van der Waals surface area contributed by atoms with E-state index in [4.69, 9.17) is 40.5 Å².